The van der Waals surface area contributed by atoms with Gasteiger partial charge in [0.15, 0.2) is 0 Å². The number of sulfonamides is 1. The van der Waals surface area contributed by atoms with Crippen LogP contribution in [0.25, 0.3) is 0 Å². The molecule has 0 heterocycles. The maximum absolute atomic E-state index is 12.0. The summed E-state index contributed by atoms with van der Waals surface area (Å²) in [6.45, 7) is 4.07. The number of benzene rings is 1. The normalized spacial score (nSPS) is 11.5. The second-order valence-electron chi connectivity index (χ2n) is 4.01. The Labute approximate surface area is 103 Å². The fourth-order valence-corrected chi connectivity index (χ4v) is 2.99. The minimum atomic E-state index is -3.31. The quantitative estimate of drug-likeness (QED) is 0.863. The molecule has 2 N–H and O–H groups in total. The highest BCUT2D eigenvalue weighted by molar-refractivity contribution is 7.92. The van der Waals surface area contributed by atoms with Crippen LogP contribution in [0.1, 0.15) is 18.1 Å². The molecule has 0 aliphatic heterocycles. The summed E-state index contributed by atoms with van der Waals surface area (Å²) in [4.78, 5) is 0. The van der Waals surface area contributed by atoms with Gasteiger partial charge < -0.3 is 5.73 Å². The van der Waals surface area contributed by atoms with Crippen molar-refractivity contribution in [2.45, 2.75) is 20.3 Å². The maximum Gasteiger partial charge on any atom is 0.236 e. The number of nitrogens with zero attached hydrogens (tertiary/aromatic N) is 1. The zero-order chi connectivity index (χ0) is 13.1. The molecule has 0 saturated carbocycles. The van der Waals surface area contributed by atoms with E-state index in [0.717, 1.165) is 23.2 Å². The smallest absolute Gasteiger partial charge is 0.236 e. The summed E-state index contributed by atoms with van der Waals surface area (Å²) in [6, 6.07) is 5.82. The number of hydrogen-bond donors (Lipinski definition) is 1. The van der Waals surface area contributed by atoms with E-state index in [1.807, 2.05) is 32.0 Å². The van der Waals surface area contributed by atoms with Gasteiger partial charge in [-0.15, -0.1) is 0 Å². The van der Waals surface area contributed by atoms with Gasteiger partial charge in [-0.1, -0.05) is 25.1 Å². The number of para-hydroxylation sites is 1. The van der Waals surface area contributed by atoms with Crippen LogP contribution in [-0.2, 0) is 16.4 Å². The minimum absolute atomic E-state index is 0.0268. The summed E-state index contributed by atoms with van der Waals surface area (Å²) in [5, 5.41) is 0. The Morgan fingerprint density at radius 1 is 1.35 bits per heavy atom. The third-order valence-corrected chi connectivity index (χ3v) is 4.58. The molecule has 0 saturated heterocycles. The predicted octanol–water partition coefficient (Wildman–Crippen LogP) is 1.28. The summed E-state index contributed by atoms with van der Waals surface area (Å²) in [7, 11) is -1.72. The first-order chi connectivity index (χ1) is 7.94. The molecule has 0 aliphatic carbocycles. The maximum atomic E-state index is 12.0. The van der Waals surface area contributed by atoms with Gasteiger partial charge in [0.2, 0.25) is 10.0 Å². The van der Waals surface area contributed by atoms with Crippen molar-refractivity contribution in [3.05, 3.63) is 29.3 Å². The number of hydrogen-bond acceptors (Lipinski definition) is 3. The summed E-state index contributed by atoms with van der Waals surface area (Å²) in [5.41, 5.74) is 8.11. The second-order valence-corrected chi connectivity index (χ2v) is 6.13. The highest BCUT2D eigenvalue weighted by Crippen LogP contribution is 2.26. The predicted molar refractivity (Wildman–Crippen MR) is 71.8 cm³/mol. The first kappa shape index (κ1) is 14.0. The van der Waals surface area contributed by atoms with Gasteiger partial charge in [0.05, 0.1) is 11.4 Å². The number of aryl methyl sites for hydroxylation is 2. The fourth-order valence-electron chi connectivity index (χ4n) is 1.88. The molecular weight excluding hydrogens is 236 g/mol. The van der Waals surface area contributed by atoms with Crippen LogP contribution in [0.4, 0.5) is 5.69 Å². The topological polar surface area (TPSA) is 63.4 Å². The van der Waals surface area contributed by atoms with Crippen molar-refractivity contribution in [1.29, 1.82) is 0 Å². The van der Waals surface area contributed by atoms with Gasteiger partial charge in [0.1, 0.15) is 0 Å². The average molecular weight is 256 g/mol. The van der Waals surface area contributed by atoms with E-state index in [2.05, 4.69) is 0 Å². The van der Waals surface area contributed by atoms with Gasteiger partial charge in [-0.2, -0.15) is 0 Å². The Kier molecular flexibility index (Phi) is 4.54. The van der Waals surface area contributed by atoms with Crippen LogP contribution in [0.3, 0.4) is 0 Å². The van der Waals surface area contributed by atoms with Crippen molar-refractivity contribution in [2.75, 3.05) is 23.7 Å². The molecule has 4 nitrogen and oxygen atoms in total. The third-order valence-electron chi connectivity index (χ3n) is 2.81. The van der Waals surface area contributed by atoms with Crippen molar-refractivity contribution in [2.24, 2.45) is 5.73 Å². The molecule has 17 heavy (non-hydrogen) atoms. The zero-order valence-corrected chi connectivity index (χ0v) is 11.4. The van der Waals surface area contributed by atoms with Gasteiger partial charge in [0.25, 0.3) is 0 Å². The molecule has 96 valence electrons. The number of rotatable bonds is 5. The molecule has 0 spiro atoms. The van der Waals surface area contributed by atoms with E-state index >= 15 is 0 Å². The molecule has 0 atom stereocenters. The van der Waals surface area contributed by atoms with Crippen molar-refractivity contribution < 1.29 is 8.42 Å². The number of nitrogens with two attached hydrogens (primary N) is 1. The van der Waals surface area contributed by atoms with Gasteiger partial charge >= 0.3 is 0 Å². The Morgan fingerprint density at radius 3 is 2.53 bits per heavy atom. The number of anilines is 1. The Morgan fingerprint density at radius 2 is 2.00 bits per heavy atom. The van der Waals surface area contributed by atoms with Crippen LogP contribution < -0.4 is 10.0 Å². The van der Waals surface area contributed by atoms with Gasteiger partial charge in [0, 0.05) is 13.6 Å². The summed E-state index contributed by atoms with van der Waals surface area (Å²) in [6.07, 6.45) is 0.805. The molecule has 0 aliphatic rings. The summed E-state index contributed by atoms with van der Waals surface area (Å²) < 4.78 is 25.3. The lowest BCUT2D eigenvalue weighted by molar-refractivity contribution is 0.594. The van der Waals surface area contributed by atoms with Crippen LogP contribution >= 0.6 is 0 Å². The highest BCUT2D eigenvalue weighted by Gasteiger charge is 2.20. The lowest BCUT2D eigenvalue weighted by Gasteiger charge is -2.23. The minimum Gasteiger partial charge on any atom is -0.329 e. The first-order valence-electron chi connectivity index (χ1n) is 5.69. The Hall–Kier alpha value is -1.07. The Bertz CT molecular complexity index is 483. The third kappa shape index (κ3) is 2.98. The van der Waals surface area contributed by atoms with E-state index in [-0.39, 0.29) is 12.3 Å². The van der Waals surface area contributed by atoms with Crippen molar-refractivity contribution in [1.82, 2.24) is 0 Å². The molecule has 0 amide bonds. The molecule has 0 fully saturated rings. The largest absolute Gasteiger partial charge is 0.329 e. The fraction of sp³-hybridized carbons (Fsp3) is 0.500. The van der Waals surface area contributed by atoms with E-state index in [4.69, 9.17) is 5.73 Å². The molecule has 0 bridgehead atoms. The van der Waals surface area contributed by atoms with Crippen molar-refractivity contribution in [3.8, 4) is 0 Å². The summed E-state index contributed by atoms with van der Waals surface area (Å²) >= 11 is 0. The van der Waals surface area contributed by atoms with E-state index in [1.165, 1.54) is 4.31 Å². The van der Waals surface area contributed by atoms with Crippen molar-refractivity contribution in [3.63, 3.8) is 0 Å². The molecule has 5 heteroatoms. The van der Waals surface area contributed by atoms with Crippen LogP contribution in [0.2, 0.25) is 0 Å². The molecule has 0 radical (unpaired) electrons. The van der Waals surface area contributed by atoms with E-state index in [9.17, 15) is 8.42 Å². The molecule has 1 aromatic rings. The van der Waals surface area contributed by atoms with Gasteiger partial charge in [-0.05, 0) is 24.5 Å². The second kappa shape index (κ2) is 5.51. The standard InChI is InChI=1S/C12H20N2O2S/c1-4-11-7-5-6-10(2)12(11)14(3)17(15,16)9-8-13/h5-7H,4,8-9,13H2,1-3H3. The highest BCUT2D eigenvalue weighted by atomic mass is 32.2. The van der Waals surface area contributed by atoms with Gasteiger partial charge in [-0.25, -0.2) is 8.42 Å². The summed E-state index contributed by atoms with van der Waals surface area (Å²) in [5.74, 6) is -0.0268. The van der Waals surface area contributed by atoms with Crippen LogP contribution in [0.15, 0.2) is 18.2 Å². The van der Waals surface area contributed by atoms with Crippen LogP contribution in [-0.4, -0.2) is 27.8 Å². The molecular formula is C12H20N2O2S. The van der Waals surface area contributed by atoms with Crippen LogP contribution in [0, 0.1) is 6.92 Å². The van der Waals surface area contributed by atoms with E-state index < -0.39 is 10.0 Å². The monoisotopic (exact) mass is 256 g/mol. The van der Waals surface area contributed by atoms with E-state index in [1.54, 1.807) is 7.05 Å². The molecule has 1 aromatic carbocycles. The first-order valence-corrected chi connectivity index (χ1v) is 7.30. The SMILES string of the molecule is CCc1cccc(C)c1N(C)S(=O)(=O)CCN. The molecule has 1 rings (SSSR count). The zero-order valence-electron chi connectivity index (χ0n) is 10.6. The van der Waals surface area contributed by atoms with Gasteiger partial charge in [-0.3, -0.25) is 4.31 Å². The Balaban J connectivity index is 3.25. The van der Waals surface area contributed by atoms with E-state index in [0.29, 0.717) is 0 Å². The lowest BCUT2D eigenvalue weighted by atomic mass is 10.1. The average Bonchev–Trinajstić information content (AvgIpc) is 2.27. The molecule has 0 aromatic heterocycles. The van der Waals surface area contributed by atoms with Crippen molar-refractivity contribution >= 4 is 15.7 Å². The van der Waals surface area contributed by atoms with Crippen LogP contribution in [0.5, 0.6) is 0 Å². The molecule has 0 unspecified atom stereocenters. The lowest BCUT2D eigenvalue weighted by Crippen LogP contribution is -2.33.